The van der Waals surface area contributed by atoms with Gasteiger partial charge in [0, 0.05) is 6.42 Å². The van der Waals surface area contributed by atoms with E-state index in [2.05, 4.69) is 11.2 Å². The van der Waals surface area contributed by atoms with Gasteiger partial charge >= 0.3 is 10.4 Å². The molecule has 0 aliphatic rings. The van der Waals surface area contributed by atoms with Gasteiger partial charge in [0.25, 0.3) is 0 Å². The molecule has 0 fully saturated rings. The van der Waals surface area contributed by atoms with Gasteiger partial charge in [-0.3, -0.25) is 9.35 Å². The van der Waals surface area contributed by atoms with E-state index in [1.807, 2.05) is 0 Å². The minimum Gasteiger partial charge on any atom is -0.273 e. The van der Waals surface area contributed by atoms with E-state index >= 15 is 0 Å². The molecule has 1 amide bonds. The van der Waals surface area contributed by atoms with Gasteiger partial charge < -0.3 is 0 Å². The summed E-state index contributed by atoms with van der Waals surface area (Å²) in [5.74, 6) is -0.552. The lowest BCUT2D eigenvalue weighted by molar-refractivity contribution is -0.127. The summed E-state index contributed by atoms with van der Waals surface area (Å²) in [6.07, 6.45) is 5.11. The predicted molar refractivity (Wildman–Crippen MR) is 54.2 cm³/mol. The van der Waals surface area contributed by atoms with E-state index in [9.17, 15) is 13.2 Å². The van der Waals surface area contributed by atoms with Crippen molar-refractivity contribution in [2.45, 2.75) is 45.4 Å². The van der Waals surface area contributed by atoms with Crippen LogP contribution >= 0.6 is 0 Å². The third kappa shape index (κ3) is 11.3. The van der Waals surface area contributed by atoms with Crippen LogP contribution in [0.2, 0.25) is 0 Å². The van der Waals surface area contributed by atoms with Crippen LogP contribution in [0.3, 0.4) is 0 Å². The zero-order chi connectivity index (χ0) is 11.7. The smallest absolute Gasteiger partial charge is 0.273 e. The zero-order valence-electron chi connectivity index (χ0n) is 8.73. The van der Waals surface area contributed by atoms with Crippen LogP contribution in [-0.2, 0) is 19.5 Å². The highest BCUT2D eigenvalue weighted by Crippen LogP contribution is 2.04. The van der Waals surface area contributed by atoms with Crippen molar-refractivity contribution >= 4 is 16.3 Å². The first-order chi connectivity index (χ1) is 6.95. The maximum Gasteiger partial charge on any atom is 0.418 e. The molecule has 0 aromatic carbocycles. The van der Waals surface area contributed by atoms with Crippen LogP contribution in [0.4, 0.5) is 0 Å². The molecule has 6 nitrogen and oxygen atoms in total. The maximum atomic E-state index is 10.9. The Bertz CT molecular complexity index is 275. The topological polar surface area (TPSA) is 92.7 Å². The van der Waals surface area contributed by atoms with E-state index in [1.165, 1.54) is 0 Å². The number of carbonyl (C=O) groups is 1. The minimum absolute atomic E-state index is 0.194. The van der Waals surface area contributed by atoms with E-state index in [1.54, 1.807) is 5.48 Å². The van der Waals surface area contributed by atoms with Crippen LogP contribution in [0.15, 0.2) is 0 Å². The van der Waals surface area contributed by atoms with Crippen molar-refractivity contribution in [1.29, 1.82) is 0 Å². The van der Waals surface area contributed by atoms with Gasteiger partial charge in [0.2, 0.25) is 5.91 Å². The van der Waals surface area contributed by atoms with Gasteiger partial charge in [-0.05, 0) is 6.42 Å². The third-order valence-corrected chi connectivity index (χ3v) is 2.06. The first kappa shape index (κ1) is 14.3. The molecule has 0 unspecified atom stereocenters. The lowest BCUT2D eigenvalue weighted by Crippen LogP contribution is -2.26. The monoisotopic (exact) mass is 239 g/mol. The molecule has 0 bridgehead atoms. The average Bonchev–Trinajstić information content (AvgIpc) is 2.13. The Kier molecular flexibility index (Phi) is 7.27. The van der Waals surface area contributed by atoms with Crippen molar-refractivity contribution in [3.8, 4) is 0 Å². The quantitative estimate of drug-likeness (QED) is 0.377. The Morgan fingerprint density at radius 2 is 1.87 bits per heavy atom. The van der Waals surface area contributed by atoms with E-state index in [4.69, 9.17) is 4.55 Å². The Morgan fingerprint density at radius 1 is 1.27 bits per heavy atom. The van der Waals surface area contributed by atoms with Crippen molar-refractivity contribution < 1.29 is 22.0 Å². The van der Waals surface area contributed by atoms with Crippen LogP contribution in [0.5, 0.6) is 0 Å². The first-order valence-electron chi connectivity index (χ1n) is 4.90. The SMILES string of the molecule is CCCCCCCC(=O)NOS(=O)(=O)O. The van der Waals surface area contributed by atoms with Gasteiger partial charge in [0.05, 0.1) is 0 Å². The normalized spacial score (nSPS) is 11.3. The largest absolute Gasteiger partial charge is 0.418 e. The zero-order valence-corrected chi connectivity index (χ0v) is 9.55. The van der Waals surface area contributed by atoms with Gasteiger partial charge in [0.15, 0.2) is 0 Å². The second kappa shape index (κ2) is 7.61. The summed E-state index contributed by atoms with van der Waals surface area (Å²) in [6, 6.07) is 0. The van der Waals surface area contributed by atoms with Gasteiger partial charge in [0.1, 0.15) is 0 Å². The highest BCUT2D eigenvalue weighted by Gasteiger charge is 2.07. The molecular weight excluding hydrogens is 222 g/mol. The fraction of sp³-hybridized carbons (Fsp3) is 0.875. The summed E-state index contributed by atoms with van der Waals surface area (Å²) >= 11 is 0. The van der Waals surface area contributed by atoms with Crippen LogP contribution < -0.4 is 5.48 Å². The van der Waals surface area contributed by atoms with Crippen molar-refractivity contribution in [2.24, 2.45) is 0 Å². The van der Waals surface area contributed by atoms with Crippen molar-refractivity contribution in [2.75, 3.05) is 0 Å². The summed E-state index contributed by atoms with van der Waals surface area (Å²) in [6.45, 7) is 2.09. The van der Waals surface area contributed by atoms with Crippen molar-refractivity contribution in [3.05, 3.63) is 0 Å². The number of unbranched alkanes of at least 4 members (excludes halogenated alkanes) is 4. The summed E-state index contributed by atoms with van der Waals surface area (Å²) < 4.78 is 32.0. The Balaban J connectivity index is 3.42. The fourth-order valence-corrected chi connectivity index (χ4v) is 1.24. The van der Waals surface area contributed by atoms with Crippen LogP contribution in [0.1, 0.15) is 45.4 Å². The molecule has 0 aliphatic carbocycles. The number of hydrogen-bond acceptors (Lipinski definition) is 4. The highest BCUT2D eigenvalue weighted by molar-refractivity contribution is 7.80. The molecule has 15 heavy (non-hydrogen) atoms. The molecule has 0 aromatic heterocycles. The molecule has 0 radical (unpaired) electrons. The Hall–Kier alpha value is -0.660. The molecule has 0 saturated heterocycles. The molecule has 0 saturated carbocycles. The minimum atomic E-state index is -4.59. The number of rotatable bonds is 8. The molecule has 2 N–H and O–H groups in total. The second-order valence-corrected chi connectivity index (χ2v) is 4.22. The van der Waals surface area contributed by atoms with Crippen molar-refractivity contribution in [1.82, 2.24) is 5.48 Å². The molecule has 7 heteroatoms. The van der Waals surface area contributed by atoms with E-state index in [-0.39, 0.29) is 6.42 Å². The molecular formula is C8H17NO5S. The van der Waals surface area contributed by atoms with E-state index in [0.29, 0.717) is 6.42 Å². The number of hydroxylamine groups is 1. The molecule has 0 atom stereocenters. The lowest BCUT2D eigenvalue weighted by Gasteiger charge is -2.02. The van der Waals surface area contributed by atoms with Crippen LogP contribution in [-0.4, -0.2) is 18.9 Å². The predicted octanol–water partition coefficient (Wildman–Crippen LogP) is 1.20. The second-order valence-electron chi connectivity index (χ2n) is 3.20. The Labute approximate surface area is 89.9 Å². The molecule has 90 valence electrons. The van der Waals surface area contributed by atoms with Gasteiger partial charge in [-0.1, -0.05) is 32.6 Å². The van der Waals surface area contributed by atoms with E-state index < -0.39 is 16.3 Å². The highest BCUT2D eigenvalue weighted by atomic mass is 32.3. The summed E-state index contributed by atoms with van der Waals surface area (Å²) in [5, 5.41) is 0. The van der Waals surface area contributed by atoms with E-state index in [0.717, 1.165) is 25.7 Å². The molecule has 0 aliphatic heterocycles. The summed E-state index contributed by atoms with van der Waals surface area (Å²) in [4.78, 5) is 10.9. The first-order valence-corrected chi connectivity index (χ1v) is 6.27. The molecule has 0 aromatic rings. The fourth-order valence-electron chi connectivity index (χ4n) is 1.04. The summed E-state index contributed by atoms with van der Waals surface area (Å²) in [5.41, 5.74) is 1.64. The number of hydrogen-bond donors (Lipinski definition) is 2. The third-order valence-electron chi connectivity index (χ3n) is 1.77. The lowest BCUT2D eigenvalue weighted by atomic mass is 10.1. The summed E-state index contributed by atoms with van der Waals surface area (Å²) in [7, 11) is -4.59. The maximum absolute atomic E-state index is 10.9. The molecule has 0 spiro atoms. The van der Waals surface area contributed by atoms with Gasteiger partial charge in [-0.15, -0.1) is 4.28 Å². The van der Waals surface area contributed by atoms with Gasteiger partial charge in [-0.25, -0.2) is 5.48 Å². The molecule has 0 rings (SSSR count). The van der Waals surface area contributed by atoms with Crippen molar-refractivity contribution in [3.63, 3.8) is 0 Å². The molecule has 0 heterocycles. The van der Waals surface area contributed by atoms with Crippen LogP contribution in [0, 0.1) is 0 Å². The number of nitrogens with one attached hydrogen (secondary N) is 1. The average molecular weight is 239 g/mol. The van der Waals surface area contributed by atoms with Gasteiger partial charge in [-0.2, -0.15) is 8.42 Å². The number of amides is 1. The van der Waals surface area contributed by atoms with Crippen LogP contribution in [0.25, 0.3) is 0 Å². The number of carbonyl (C=O) groups excluding carboxylic acids is 1. The standard InChI is InChI=1S/C8H17NO5S/c1-2-3-4-5-6-7-8(10)9-14-15(11,12)13/h2-7H2,1H3,(H,9,10)(H,11,12,13). The Morgan fingerprint density at radius 3 is 2.40 bits per heavy atom.